The van der Waals surface area contributed by atoms with Crippen LogP contribution in [0, 0.1) is 17.8 Å². The molecule has 0 atom stereocenters. The van der Waals surface area contributed by atoms with Gasteiger partial charge in [-0.2, -0.15) is 0 Å². The molecule has 114 valence electrons. The fourth-order valence-electron chi connectivity index (χ4n) is 1.88. The molecule has 0 aliphatic carbocycles. The molecule has 4 heteroatoms. The van der Waals surface area contributed by atoms with Gasteiger partial charge in [0.1, 0.15) is 5.69 Å². The zero-order valence-electron chi connectivity index (χ0n) is 13.3. The quantitative estimate of drug-likeness (QED) is 0.846. The van der Waals surface area contributed by atoms with Crippen LogP contribution >= 0.6 is 0 Å². The van der Waals surface area contributed by atoms with Crippen LogP contribution in [0.25, 0.3) is 0 Å². The van der Waals surface area contributed by atoms with Crippen molar-refractivity contribution in [3.8, 4) is 11.8 Å². The zero-order valence-corrected chi connectivity index (χ0v) is 13.3. The Bertz CT molecular complexity index is 510. The summed E-state index contributed by atoms with van der Waals surface area (Å²) in [6.07, 6.45) is 2.04. The van der Waals surface area contributed by atoms with E-state index in [-0.39, 0.29) is 18.6 Å². The Balaban J connectivity index is 2.85. The molecule has 0 aromatic carbocycles. The van der Waals surface area contributed by atoms with Crippen LogP contribution in [0.4, 0.5) is 0 Å². The second kappa shape index (κ2) is 8.43. The summed E-state index contributed by atoms with van der Waals surface area (Å²) in [5, 5.41) is 8.68. The van der Waals surface area contributed by atoms with E-state index < -0.39 is 0 Å². The molecule has 1 heterocycles. The highest BCUT2D eigenvalue weighted by Crippen LogP contribution is 2.10. The van der Waals surface area contributed by atoms with Gasteiger partial charge in [0, 0.05) is 30.8 Å². The first-order valence-electron chi connectivity index (χ1n) is 7.32. The van der Waals surface area contributed by atoms with E-state index >= 15 is 0 Å². The van der Waals surface area contributed by atoms with Gasteiger partial charge in [-0.15, -0.1) is 0 Å². The Morgan fingerprint density at radius 2 is 2.05 bits per heavy atom. The summed E-state index contributed by atoms with van der Waals surface area (Å²) < 4.78 is 0. The van der Waals surface area contributed by atoms with Crippen LogP contribution in [-0.2, 0) is 0 Å². The molecule has 4 nitrogen and oxygen atoms in total. The molecule has 0 aliphatic rings. The lowest BCUT2D eigenvalue weighted by molar-refractivity contribution is 0.0676. The Kier molecular flexibility index (Phi) is 6.90. The lowest BCUT2D eigenvalue weighted by Gasteiger charge is -2.28. The first kappa shape index (κ1) is 17.2. The van der Waals surface area contributed by atoms with E-state index in [1.807, 2.05) is 18.7 Å². The maximum Gasteiger partial charge on any atom is 0.272 e. The second-order valence-electron chi connectivity index (χ2n) is 5.65. The summed E-state index contributed by atoms with van der Waals surface area (Å²) in [7, 11) is 0. The maximum atomic E-state index is 12.5. The molecule has 0 spiro atoms. The van der Waals surface area contributed by atoms with Gasteiger partial charge in [-0.25, -0.2) is 4.98 Å². The Morgan fingerprint density at radius 1 is 1.33 bits per heavy atom. The molecular formula is C17H24N2O2. The third kappa shape index (κ3) is 5.57. The van der Waals surface area contributed by atoms with Crippen LogP contribution in [0.3, 0.4) is 0 Å². The van der Waals surface area contributed by atoms with Gasteiger partial charge in [-0.05, 0) is 31.9 Å². The zero-order chi connectivity index (χ0) is 15.8. The number of hydrogen-bond acceptors (Lipinski definition) is 3. The average molecular weight is 288 g/mol. The van der Waals surface area contributed by atoms with Crippen LogP contribution in [0.1, 0.15) is 50.2 Å². The van der Waals surface area contributed by atoms with Crippen molar-refractivity contribution in [2.24, 2.45) is 5.92 Å². The van der Waals surface area contributed by atoms with E-state index in [1.54, 1.807) is 18.3 Å². The van der Waals surface area contributed by atoms with Gasteiger partial charge in [0.15, 0.2) is 0 Å². The number of aliphatic hydroxyl groups is 1. The molecule has 1 aromatic rings. The minimum Gasteiger partial charge on any atom is -0.395 e. The van der Waals surface area contributed by atoms with Crippen LogP contribution < -0.4 is 0 Å². The first-order valence-corrected chi connectivity index (χ1v) is 7.32. The minimum atomic E-state index is -0.0476. The molecule has 0 fully saturated rings. The number of aliphatic hydroxyl groups excluding tert-OH is 1. The Labute approximate surface area is 127 Å². The topological polar surface area (TPSA) is 53.4 Å². The van der Waals surface area contributed by atoms with Gasteiger partial charge < -0.3 is 10.0 Å². The van der Waals surface area contributed by atoms with Crippen molar-refractivity contribution >= 4 is 5.91 Å². The van der Waals surface area contributed by atoms with E-state index in [2.05, 4.69) is 30.7 Å². The highest BCUT2D eigenvalue weighted by molar-refractivity contribution is 5.92. The monoisotopic (exact) mass is 288 g/mol. The van der Waals surface area contributed by atoms with Gasteiger partial charge in [-0.3, -0.25) is 4.79 Å². The number of aromatic nitrogens is 1. The standard InChI is InChI=1S/C17H24N2O2/c1-13(2)12-19(14(3)4)17(21)16-9-8-15(11-18-16)7-5-6-10-20/h8-9,11,13-14,20H,6,10,12H2,1-4H3. The van der Waals surface area contributed by atoms with Crippen molar-refractivity contribution in [2.75, 3.05) is 13.2 Å². The number of hydrogen-bond donors (Lipinski definition) is 1. The largest absolute Gasteiger partial charge is 0.395 e. The Morgan fingerprint density at radius 3 is 2.52 bits per heavy atom. The number of carbonyl (C=O) groups is 1. The molecular weight excluding hydrogens is 264 g/mol. The molecule has 21 heavy (non-hydrogen) atoms. The summed E-state index contributed by atoms with van der Waals surface area (Å²) >= 11 is 0. The van der Waals surface area contributed by atoms with Crippen molar-refractivity contribution in [1.82, 2.24) is 9.88 Å². The van der Waals surface area contributed by atoms with E-state index in [0.29, 0.717) is 18.0 Å². The van der Waals surface area contributed by atoms with Gasteiger partial charge in [-0.1, -0.05) is 25.7 Å². The van der Waals surface area contributed by atoms with Crippen molar-refractivity contribution in [2.45, 2.75) is 40.2 Å². The maximum absolute atomic E-state index is 12.5. The molecule has 0 radical (unpaired) electrons. The number of pyridine rings is 1. The summed E-state index contributed by atoms with van der Waals surface area (Å²) in [6, 6.07) is 3.64. The predicted molar refractivity (Wildman–Crippen MR) is 83.8 cm³/mol. The predicted octanol–water partition coefficient (Wildman–Crippen LogP) is 2.32. The van der Waals surface area contributed by atoms with Crippen LogP contribution in [-0.4, -0.2) is 40.1 Å². The molecule has 0 saturated heterocycles. The molecule has 1 rings (SSSR count). The third-order valence-electron chi connectivity index (χ3n) is 2.90. The van der Waals surface area contributed by atoms with E-state index in [0.717, 1.165) is 12.1 Å². The lowest BCUT2D eigenvalue weighted by atomic mass is 10.1. The van der Waals surface area contributed by atoms with Crippen LogP contribution in [0.15, 0.2) is 18.3 Å². The summed E-state index contributed by atoms with van der Waals surface area (Å²) in [5.41, 5.74) is 1.19. The first-order chi connectivity index (χ1) is 9.95. The van der Waals surface area contributed by atoms with Crippen molar-refractivity contribution in [3.05, 3.63) is 29.6 Å². The lowest BCUT2D eigenvalue weighted by Crippen LogP contribution is -2.39. The molecule has 1 N–H and O–H groups in total. The molecule has 0 saturated carbocycles. The molecule has 0 aliphatic heterocycles. The van der Waals surface area contributed by atoms with Crippen LogP contribution in [0.5, 0.6) is 0 Å². The number of rotatable bonds is 5. The molecule has 0 unspecified atom stereocenters. The summed E-state index contributed by atoms with van der Waals surface area (Å²) in [6.45, 7) is 8.97. The molecule has 1 aromatic heterocycles. The summed E-state index contributed by atoms with van der Waals surface area (Å²) in [5.74, 6) is 6.10. The number of amides is 1. The minimum absolute atomic E-state index is 0.0476. The second-order valence-corrected chi connectivity index (χ2v) is 5.65. The Hall–Kier alpha value is -1.86. The highest BCUT2D eigenvalue weighted by atomic mass is 16.2. The van der Waals surface area contributed by atoms with Gasteiger partial charge in [0.25, 0.3) is 5.91 Å². The van der Waals surface area contributed by atoms with Crippen molar-refractivity contribution in [1.29, 1.82) is 0 Å². The van der Waals surface area contributed by atoms with Gasteiger partial charge in [0.2, 0.25) is 0 Å². The van der Waals surface area contributed by atoms with Crippen LogP contribution in [0.2, 0.25) is 0 Å². The average Bonchev–Trinajstić information content (AvgIpc) is 2.44. The summed E-state index contributed by atoms with van der Waals surface area (Å²) in [4.78, 5) is 18.5. The smallest absolute Gasteiger partial charge is 0.272 e. The normalized spacial score (nSPS) is 10.4. The SMILES string of the molecule is CC(C)CN(C(=O)c1ccc(C#CCCO)cn1)C(C)C. The van der Waals surface area contributed by atoms with E-state index in [4.69, 9.17) is 5.11 Å². The fourth-order valence-corrected chi connectivity index (χ4v) is 1.88. The number of nitrogens with zero attached hydrogens (tertiary/aromatic N) is 2. The van der Waals surface area contributed by atoms with Crippen molar-refractivity contribution < 1.29 is 9.90 Å². The van der Waals surface area contributed by atoms with Gasteiger partial charge in [0.05, 0.1) is 6.61 Å². The highest BCUT2D eigenvalue weighted by Gasteiger charge is 2.20. The molecule has 0 bridgehead atoms. The van der Waals surface area contributed by atoms with Crippen molar-refractivity contribution in [3.63, 3.8) is 0 Å². The number of carbonyl (C=O) groups excluding carboxylic acids is 1. The van der Waals surface area contributed by atoms with E-state index in [9.17, 15) is 4.79 Å². The van der Waals surface area contributed by atoms with E-state index in [1.165, 1.54) is 0 Å². The molecule has 1 amide bonds. The third-order valence-corrected chi connectivity index (χ3v) is 2.90. The fraction of sp³-hybridized carbons (Fsp3) is 0.529. The van der Waals surface area contributed by atoms with Gasteiger partial charge >= 0.3 is 0 Å².